The van der Waals surface area contributed by atoms with Gasteiger partial charge in [0.2, 0.25) is 0 Å². The van der Waals surface area contributed by atoms with Gasteiger partial charge >= 0.3 is 0 Å². The highest BCUT2D eigenvalue weighted by Gasteiger charge is 2.10. The van der Waals surface area contributed by atoms with Gasteiger partial charge in [0.15, 0.2) is 5.69 Å². The van der Waals surface area contributed by atoms with Crippen LogP contribution in [0.2, 0.25) is 5.02 Å². The quantitative estimate of drug-likeness (QED) is 0.620. The summed E-state index contributed by atoms with van der Waals surface area (Å²) >= 11 is 5.94. The van der Waals surface area contributed by atoms with E-state index in [4.69, 9.17) is 16.3 Å². The Morgan fingerprint density at radius 2 is 1.93 bits per heavy atom. The summed E-state index contributed by atoms with van der Waals surface area (Å²) in [6.07, 6.45) is 0.782. The van der Waals surface area contributed by atoms with Crippen molar-refractivity contribution in [2.75, 3.05) is 24.3 Å². The number of carbonyl (C=O) groups excluding carboxylic acids is 1. The molecule has 3 rings (SSSR count). The van der Waals surface area contributed by atoms with E-state index >= 15 is 0 Å². The first-order valence-electron chi connectivity index (χ1n) is 8.84. The lowest BCUT2D eigenvalue weighted by atomic mass is 10.1. The maximum Gasteiger partial charge on any atom is 0.276 e. The van der Waals surface area contributed by atoms with E-state index in [-0.39, 0.29) is 11.6 Å². The van der Waals surface area contributed by atoms with Gasteiger partial charge in [-0.3, -0.25) is 4.79 Å². The van der Waals surface area contributed by atoms with Gasteiger partial charge in [0.05, 0.1) is 7.11 Å². The van der Waals surface area contributed by atoms with Gasteiger partial charge in [0, 0.05) is 17.3 Å². The van der Waals surface area contributed by atoms with Crippen LogP contribution < -0.4 is 15.4 Å². The van der Waals surface area contributed by atoms with Crippen LogP contribution in [-0.4, -0.2) is 29.8 Å². The first kappa shape index (κ1) is 19.6. The number of aryl methyl sites for hydroxylation is 1. The van der Waals surface area contributed by atoms with Gasteiger partial charge in [-0.1, -0.05) is 29.8 Å². The number of nitrogens with one attached hydrogen (secondary N) is 2. The normalized spacial score (nSPS) is 10.4. The third kappa shape index (κ3) is 4.98. The van der Waals surface area contributed by atoms with Crippen molar-refractivity contribution in [2.24, 2.45) is 0 Å². The predicted octanol–water partition coefficient (Wildman–Crippen LogP) is 4.35. The summed E-state index contributed by atoms with van der Waals surface area (Å²) in [4.78, 5) is 12.4. The number of halogens is 1. The number of hydrogen-bond donors (Lipinski definition) is 2. The maximum absolute atomic E-state index is 12.4. The highest BCUT2D eigenvalue weighted by atomic mass is 35.5. The molecule has 144 valence electrons. The van der Waals surface area contributed by atoms with Gasteiger partial charge in [-0.15, -0.1) is 10.2 Å². The van der Waals surface area contributed by atoms with Crippen LogP contribution in [0.25, 0.3) is 0 Å². The van der Waals surface area contributed by atoms with Crippen molar-refractivity contribution in [3.8, 4) is 5.75 Å². The largest absolute Gasteiger partial charge is 0.496 e. The number of amides is 1. The van der Waals surface area contributed by atoms with Gasteiger partial charge in [-0.2, -0.15) is 0 Å². The van der Waals surface area contributed by atoms with Crippen LogP contribution >= 0.6 is 11.6 Å². The molecule has 0 atom stereocenters. The molecule has 0 radical (unpaired) electrons. The molecule has 0 aliphatic carbocycles. The number of benzene rings is 2. The van der Waals surface area contributed by atoms with Crippen molar-refractivity contribution in [3.05, 3.63) is 76.4 Å². The Morgan fingerprint density at radius 3 is 2.64 bits per heavy atom. The van der Waals surface area contributed by atoms with Crippen molar-refractivity contribution >= 4 is 29.0 Å². The molecule has 0 saturated heterocycles. The molecule has 0 aliphatic heterocycles. The number of methoxy groups -OCH3 is 1. The Kier molecular flexibility index (Phi) is 6.45. The van der Waals surface area contributed by atoms with Gasteiger partial charge in [0.1, 0.15) is 11.6 Å². The van der Waals surface area contributed by atoms with Crippen molar-refractivity contribution < 1.29 is 9.53 Å². The molecule has 28 heavy (non-hydrogen) atoms. The van der Waals surface area contributed by atoms with E-state index in [9.17, 15) is 4.79 Å². The number of rotatable bonds is 7. The first-order chi connectivity index (χ1) is 13.6. The van der Waals surface area contributed by atoms with Crippen LogP contribution in [0.1, 0.15) is 21.6 Å². The molecule has 6 nitrogen and oxygen atoms in total. The summed E-state index contributed by atoms with van der Waals surface area (Å²) in [6.45, 7) is 2.55. The molecule has 1 amide bonds. The van der Waals surface area contributed by atoms with Crippen molar-refractivity contribution in [2.45, 2.75) is 13.3 Å². The summed E-state index contributed by atoms with van der Waals surface area (Å²) < 4.78 is 5.35. The Bertz CT molecular complexity index is 961. The number of ether oxygens (including phenoxy) is 1. The van der Waals surface area contributed by atoms with Gasteiger partial charge < -0.3 is 15.4 Å². The third-order valence-electron chi connectivity index (χ3n) is 4.23. The van der Waals surface area contributed by atoms with E-state index in [2.05, 4.69) is 20.8 Å². The molecule has 0 aliphatic rings. The number of para-hydroxylation sites is 1. The lowest BCUT2D eigenvalue weighted by molar-refractivity contribution is 0.102. The molecule has 2 N–H and O–H groups in total. The molecule has 0 spiro atoms. The zero-order valence-electron chi connectivity index (χ0n) is 15.7. The second kappa shape index (κ2) is 9.19. The van der Waals surface area contributed by atoms with Gasteiger partial charge in [0.25, 0.3) is 5.91 Å². The standard InChI is InChI=1S/C21H21ClN4O2/c1-14-13-16(22)7-8-17(14)24-21(27)18-9-10-20(26-25-18)23-12-11-15-5-3-4-6-19(15)28-2/h3-10,13H,11-12H2,1-2H3,(H,23,26)(H,24,27). The average molecular weight is 397 g/mol. The van der Waals surface area contributed by atoms with E-state index in [1.54, 1.807) is 37.4 Å². The number of hydrogen-bond acceptors (Lipinski definition) is 5. The number of aromatic nitrogens is 2. The van der Waals surface area contributed by atoms with Crippen LogP contribution in [-0.2, 0) is 6.42 Å². The van der Waals surface area contributed by atoms with Crippen molar-refractivity contribution in [1.82, 2.24) is 10.2 Å². The minimum atomic E-state index is -0.321. The lowest BCUT2D eigenvalue weighted by Gasteiger charge is -2.10. The molecule has 0 fully saturated rings. The first-order valence-corrected chi connectivity index (χ1v) is 9.21. The summed E-state index contributed by atoms with van der Waals surface area (Å²) in [7, 11) is 1.66. The Balaban J connectivity index is 1.56. The van der Waals surface area contributed by atoms with E-state index < -0.39 is 0 Å². The summed E-state index contributed by atoms with van der Waals surface area (Å²) in [6, 6.07) is 16.5. The second-order valence-corrected chi connectivity index (χ2v) is 6.64. The summed E-state index contributed by atoms with van der Waals surface area (Å²) in [5.41, 5.74) is 2.92. The van der Waals surface area contributed by atoms with Crippen LogP contribution in [0.5, 0.6) is 5.75 Å². The summed E-state index contributed by atoms with van der Waals surface area (Å²) in [5, 5.41) is 14.7. The monoisotopic (exact) mass is 396 g/mol. The fourth-order valence-electron chi connectivity index (χ4n) is 2.74. The Hall–Kier alpha value is -3.12. The van der Waals surface area contributed by atoms with E-state index in [0.717, 1.165) is 23.3 Å². The zero-order chi connectivity index (χ0) is 19.9. The Morgan fingerprint density at radius 1 is 1.11 bits per heavy atom. The van der Waals surface area contributed by atoms with Gasteiger partial charge in [-0.05, 0) is 60.9 Å². The van der Waals surface area contributed by atoms with Crippen molar-refractivity contribution in [1.29, 1.82) is 0 Å². The zero-order valence-corrected chi connectivity index (χ0v) is 16.5. The molecular formula is C21H21ClN4O2. The molecule has 0 saturated carbocycles. The van der Waals surface area contributed by atoms with E-state index in [1.165, 1.54) is 0 Å². The molecular weight excluding hydrogens is 376 g/mol. The fraction of sp³-hybridized carbons (Fsp3) is 0.190. The molecule has 3 aromatic rings. The van der Waals surface area contributed by atoms with Crippen molar-refractivity contribution in [3.63, 3.8) is 0 Å². The molecule has 7 heteroatoms. The maximum atomic E-state index is 12.4. The second-order valence-electron chi connectivity index (χ2n) is 6.21. The lowest BCUT2D eigenvalue weighted by Crippen LogP contribution is -2.16. The van der Waals surface area contributed by atoms with Crippen LogP contribution in [0.4, 0.5) is 11.5 Å². The minimum absolute atomic E-state index is 0.240. The fourth-order valence-corrected chi connectivity index (χ4v) is 2.96. The molecule has 0 bridgehead atoms. The average Bonchev–Trinajstić information content (AvgIpc) is 2.71. The van der Waals surface area contributed by atoms with E-state index in [1.807, 2.05) is 31.2 Å². The Labute approximate surface area is 168 Å². The minimum Gasteiger partial charge on any atom is -0.496 e. The van der Waals surface area contributed by atoms with Crippen LogP contribution in [0.3, 0.4) is 0 Å². The smallest absolute Gasteiger partial charge is 0.276 e. The third-order valence-corrected chi connectivity index (χ3v) is 4.46. The topological polar surface area (TPSA) is 76.1 Å². The highest BCUT2D eigenvalue weighted by molar-refractivity contribution is 6.30. The number of carbonyl (C=O) groups is 1. The molecule has 0 unspecified atom stereocenters. The molecule has 1 aromatic heterocycles. The SMILES string of the molecule is COc1ccccc1CCNc1ccc(C(=O)Nc2ccc(Cl)cc2C)nn1. The molecule has 1 heterocycles. The van der Waals surface area contributed by atoms with E-state index in [0.29, 0.717) is 23.1 Å². The van der Waals surface area contributed by atoms with Crippen LogP contribution in [0, 0.1) is 6.92 Å². The number of anilines is 2. The highest BCUT2D eigenvalue weighted by Crippen LogP contribution is 2.20. The number of nitrogens with zero attached hydrogens (tertiary/aromatic N) is 2. The van der Waals surface area contributed by atoms with Gasteiger partial charge in [-0.25, -0.2) is 0 Å². The molecule has 2 aromatic carbocycles. The van der Waals surface area contributed by atoms with Crippen LogP contribution in [0.15, 0.2) is 54.6 Å². The summed E-state index contributed by atoms with van der Waals surface area (Å²) in [5.74, 6) is 1.15. The predicted molar refractivity (Wildman–Crippen MR) is 111 cm³/mol.